The molecule has 0 radical (unpaired) electrons. The van der Waals surface area contributed by atoms with Crippen molar-refractivity contribution in [2.75, 3.05) is 0 Å². The summed E-state index contributed by atoms with van der Waals surface area (Å²) in [6.07, 6.45) is 0. The summed E-state index contributed by atoms with van der Waals surface area (Å²) in [5.74, 6) is 0.554. The molecule has 0 unspecified atom stereocenters. The Morgan fingerprint density at radius 2 is 0.865 bits per heavy atom. The van der Waals surface area contributed by atoms with Crippen molar-refractivity contribution >= 4 is 0 Å². The van der Waals surface area contributed by atoms with Gasteiger partial charge in [-0.1, -0.05) is 146 Å². The highest BCUT2D eigenvalue weighted by molar-refractivity contribution is 5.63. The summed E-state index contributed by atoms with van der Waals surface area (Å²) in [5, 5.41) is 11.7. The summed E-state index contributed by atoms with van der Waals surface area (Å²) in [4.78, 5) is 0. The number of hydrogen-bond donors (Lipinski definition) is 1. The Balaban J connectivity index is 2.21. The summed E-state index contributed by atoms with van der Waals surface area (Å²) in [6, 6.07) is 34.3. The van der Waals surface area contributed by atoms with Gasteiger partial charge in [0.2, 0.25) is 0 Å². The summed E-state index contributed by atoms with van der Waals surface area (Å²) in [5.41, 5.74) is 7.56. The third-order valence-electron chi connectivity index (χ3n) is 8.33. The van der Waals surface area contributed by atoms with Crippen molar-refractivity contribution in [1.29, 1.82) is 0 Å². The predicted octanol–water partition coefficient (Wildman–Crippen LogP) is 9.49. The van der Waals surface area contributed by atoms with E-state index in [4.69, 9.17) is 0 Å². The number of benzene rings is 4. The van der Waals surface area contributed by atoms with E-state index in [0.29, 0.717) is 5.75 Å². The van der Waals surface area contributed by atoms with Crippen LogP contribution < -0.4 is 0 Å². The Kier molecular flexibility index (Phi) is 7.12. The zero-order valence-corrected chi connectivity index (χ0v) is 23.8. The Morgan fingerprint density at radius 3 is 1.24 bits per heavy atom. The van der Waals surface area contributed by atoms with Gasteiger partial charge in [0.25, 0.3) is 0 Å². The molecular weight excluding hydrogens is 448 g/mol. The molecule has 37 heavy (non-hydrogen) atoms. The van der Waals surface area contributed by atoms with Crippen LogP contribution in [0.5, 0.6) is 5.75 Å². The molecule has 4 rings (SSSR count). The average molecular weight is 491 g/mol. The second kappa shape index (κ2) is 9.86. The smallest absolute Gasteiger partial charge is 0.119 e. The first-order chi connectivity index (χ1) is 17.4. The molecule has 4 aromatic rings. The zero-order chi connectivity index (χ0) is 27.0. The van der Waals surface area contributed by atoms with Crippen LogP contribution in [-0.4, -0.2) is 5.11 Å². The van der Waals surface area contributed by atoms with Gasteiger partial charge in [0.1, 0.15) is 5.75 Å². The Morgan fingerprint density at radius 1 is 0.514 bits per heavy atom. The fourth-order valence-corrected chi connectivity index (χ4v) is 6.07. The molecule has 0 heterocycles. The van der Waals surface area contributed by atoms with Gasteiger partial charge in [-0.25, -0.2) is 0 Å². The Bertz CT molecular complexity index is 1340. The summed E-state index contributed by atoms with van der Waals surface area (Å²) in [6.45, 7) is 18.3. The van der Waals surface area contributed by atoms with Crippen molar-refractivity contribution in [3.63, 3.8) is 0 Å². The Labute approximate surface area is 224 Å². The lowest BCUT2D eigenvalue weighted by Crippen LogP contribution is -2.34. The van der Waals surface area contributed by atoms with Gasteiger partial charge < -0.3 is 5.11 Å². The lowest BCUT2D eigenvalue weighted by Gasteiger charge is -2.43. The van der Waals surface area contributed by atoms with E-state index >= 15 is 0 Å². The molecule has 0 aromatic heterocycles. The van der Waals surface area contributed by atoms with Crippen LogP contribution >= 0.6 is 0 Å². The number of phenolic OH excluding ortho intramolecular Hbond substituents is 1. The average Bonchev–Trinajstić information content (AvgIpc) is 2.89. The normalized spacial score (nSPS) is 12.7. The maximum atomic E-state index is 11.7. The first kappa shape index (κ1) is 26.7. The molecule has 0 amide bonds. The largest absolute Gasteiger partial charge is 0.508 e. The van der Waals surface area contributed by atoms with Crippen molar-refractivity contribution in [3.8, 4) is 5.75 Å². The zero-order valence-electron chi connectivity index (χ0n) is 23.8. The van der Waals surface area contributed by atoms with Crippen molar-refractivity contribution in [2.24, 2.45) is 0 Å². The Hall–Kier alpha value is -3.32. The minimum atomic E-state index is -0.331. The molecule has 0 aliphatic rings. The summed E-state index contributed by atoms with van der Waals surface area (Å²) < 4.78 is 0. The lowest BCUT2D eigenvalue weighted by atomic mass is 9.61. The highest BCUT2D eigenvalue weighted by Gasteiger charge is 2.41. The molecule has 0 bridgehead atoms. The van der Waals surface area contributed by atoms with Crippen LogP contribution in [0.15, 0.2) is 97.1 Å². The fourth-order valence-electron chi connectivity index (χ4n) is 6.07. The second-order valence-corrected chi connectivity index (χ2v) is 12.2. The van der Waals surface area contributed by atoms with Crippen LogP contribution in [-0.2, 0) is 16.2 Å². The van der Waals surface area contributed by atoms with Crippen LogP contribution in [0.1, 0.15) is 100 Å². The number of aromatic hydroxyl groups is 1. The van der Waals surface area contributed by atoms with Crippen molar-refractivity contribution in [3.05, 3.63) is 136 Å². The van der Waals surface area contributed by atoms with Gasteiger partial charge in [-0.2, -0.15) is 0 Å². The molecule has 0 saturated carbocycles. The number of rotatable bonds is 7. The molecule has 0 saturated heterocycles. The fraction of sp³-hybridized carbons (Fsp3) is 0.333. The standard InChI is InChI=1S/C36H42O/c1-25(2)31-30(37)24-29(34(3,4)26-18-12-9-13-19-26)32(35(5,6)27-20-14-10-15-21-27)33(31)36(7,8)28-22-16-11-17-23-28/h9-25,37H,1-8H3. The quantitative estimate of drug-likeness (QED) is 0.273. The molecule has 0 fully saturated rings. The lowest BCUT2D eigenvalue weighted by molar-refractivity contribution is 0.450. The summed E-state index contributed by atoms with van der Waals surface area (Å²) in [7, 11) is 0. The van der Waals surface area contributed by atoms with Crippen molar-refractivity contribution in [2.45, 2.75) is 77.6 Å². The van der Waals surface area contributed by atoms with Gasteiger partial charge in [0, 0.05) is 21.8 Å². The van der Waals surface area contributed by atoms with Gasteiger partial charge >= 0.3 is 0 Å². The molecule has 0 aliphatic heterocycles. The minimum Gasteiger partial charge on any atom is -0.508 e. The van der Waals surface area contributed by atoms with E-state index in [2.05, 4.69) is 152 Å². The molecule has 4 aromatic carbocycles. The van der Waals surface area contributed by atoms with Crippen molar-refractivity contribution < 1.29 is 5.11 Å². The molecule has 0 aliphatic carbocycles. The van der Waals surface area contributed by atoms with Gasteiger partial charge in [-0.3, -0.25) is 0 Å². The molecule has 192 valence electrons. The van der Waals surface area contributed by atoms with E-state index in [1.807, 2.05) is 0 Å². The molecule has 0 atom stereocenters. The molecule has 1 N–H and O–H groups in total. The molecular formula is C36H42O. The molecule has 1 heteroatoms. The molecule has 1 nitrogen and oxygen atoms in total. The van der Waals surface area contributed by atoms with Crippen molar-refractivity contribution in [1.82, 2.24) is 0 Å². The number of phenols is 1. The van der Waals surface area contributed by atoms with E-state index in [-0.39, 0.29) is 22.2 Å². The van der Waals surface area contributed by atoms with Crippen LogP contribution in [0.4, 0.5) is 0 Å². The highest BCUT2D eigenvalue weighted by Crippen LogP contribution is 2.52. The van der Waals surface area contributed by atoms with Crippen LogP contribution in [0.25, 0.3) is 0 Å². The number of hydrogen-bond acceptors (Lipinski definition) is 1. The topological polar surface area (TPSA) is 20.2 Å². The maximum absolute atomic E-state index is 11.7. The van der Waals surface area contributed by atoms with Crippen LogP contribution in [0.3, 0.4) is 0 Å². The van der Waals surface area contributed by atoms with E-state index in [0.717, 1.165) is 5.56 Å². The van der Waals surface area contributed by atoms with E-state index in [1.165, 1.54) is 33.4 Å². The minimum absolute atomic E-state index is 0.164. The van der Waals surface area contributed by atoms with E-state index in [1.54, 1.807) is 0 Å². The maximum Gasteiger partial charge on any atom is 0.119 e. The van der Waals surface area contributed by atoms with Gasteiger partial charge in [-0.05, 0) is 45.4 Å². The SMILES string of the molecule is CC(C)c1c(O)cc(C(C)(C)c2ccccc2)c(C(C)(C)c2ccccc2)c1C(C)(C)c1ccccc1. The van der Waals surface area contributed by atoms with Crippen LogP contribution in [0, 0.1) is 0 Å². The van der Waals surface area contributed by atoms with Gasteiger partial charge in [0.15, 0.2) is 0 Å². The highest BCUT2D eigenvalue weighted by atomic mass is 16.3. The van der Waals surface area contributed by atoms with Crippen LogP contribution in [0.2, 0.25) is 0 Å². The van der Waals surface area contributed by atoms with Gasteiger partial charge in [-0.15, -0.1) is 0 Å². The third kappa shape index (κ3) is 4.73. The predicted molar refractivity (Wildman–Crippen MR) is 158 cm³/mol. The van der Waals surface area contributed by atoms with E-state index < -0.39 is 0 Å². The third-order valence-corrected chi connectivity index (χ3v) is 8.33. The molecule has 0 spiro atoms. The van der Waals surface area contributed by atoms with Gasteiger partial charge in [0.05, 0.1) is 0 Å². The second-order valence-electron chi connectivity index (χ2n) is 12.2. The first-order valence-corrected chi connectivity index (χ1v) is 13.5. The monoisotopic (exact) mass is 490 g/mol. The first-order valence-electron chi connectivity index (χ1n) is 13.5. The van der Waals surface area contributed by atoms with E-state index in [9.17, 15) is 5.11 Å². The summed E-state index contributed by atoms with van der Waals surface area (Å²) >= 11 is 0.